The van der Waals surface area contributed by atoms with Crippen LogP contribution < -0.4 is 4.74 Å². The van der Waals surface area contributed by atoms with Crippen molar-refractivity contribution in [1.82, 2.24) is 9.55 Å². The van der Waals surface area contributed by atoms with Crippen molar-refractivity contribution in [1.29, 1.82) is 0 Å². The number of aromatic nitrogens is 2. The Balaban J connectivity index is 2.38. The third-order valence-electron chi connectivity index (χ3n) is 2.39. The monoisotopic (exact) mass is 266 g/mol. The fourth-order valence-electron chi connectivity index (χ4n) is 1.62. The molecule has 0 unspecified atom stereocenters. The minimum atomic E-state index is -0.919. The van der Waals surface area contributed by atoms with Gasteiger partial charge >= 0.3 is 5.97 Å². The molecule has 2 rings (SSSR count). The van der Waals surface area contributed by atoms with Crippen molar-refractivity contribution >= 4 is 17.6 Å². The molecule has 0 aliphatic carbocycles. The molecule has 1 aromatic heterocycles. The number of rotatable bonds is 4. The molecule has 2 aromatic rings. The zero-order chi connectivity index (χ0) is 13.1. The van der Waals surface area contributed by atoms with Gasteiger partial charge in [0.15, 0.2) is 0 Å². The van der Waals surface area contributed by atoms with Gasteiger partial charge in [0.05, 0.1) is 19.1 Å². The standard InChI is InChI=1S/C12H11ClN2O3/c1-18-11-3-2-8(13)4-9(11)10-5-15(7-14-10)6-12(16)17/h2-5,7H,6H2,1H3,(H,16,17). The lowest BCUT2D eigenvalue weighted by Crippen LogP contribution is -2.06. The van der Waals surface area contributed by atoms with Crippen LogP contribution in [0.1, 0.15) is 0 Å². The van der Waals surface area contributed by atoms with E-state index in [-0.39, 0.29) is 6.54 Å². The van der Waals surface area contributed by atoms with Crippen LogP contribution >= 0.6 is 11.6 Å². The summed E-state index contributed by atoms with van der Waals surface area (Å²) in [5.41, 5.74) is 1.35. The van der Waals surface area contributed by atoms with Crippen LogP contribution in [-0.2, 0) is 11.3 Å². The molecule has 0 bridgehead atoms. The second-order valence-electron chi connectivity index (χ2n) is 3.67. The van der Waals surface area contributed by atoms with Crippen LogP contribution in [0.2, 0.25) is 5.02 Å². The summed E-state index contributed by atoms with van der Waals surface area (Å²) >= 11 is 5.93. The van der Waals surface area contributed by atoms with E-state index in [9.17, 15) is 4.79 Å². The SMILES string of the molecule is COc1ccc(Cl)cc1-c1cn(CC(=O)O)cn1. The number of methoxy groups -OCH3 is 1. The van der Waals surface area contributed by atoms with Crippen molar-refractivity contribution in [3.63, 3.8) is 0 Å². The lowest BCUT2D eigenvalue weighted by Gasteiger charge is -2.06. The third-order valence-corrected chi connectivity index (χ3v) is 2.62. The van der Waals surface area contributed by atoms with E-state index in [1.807, 2.05) is 0 Å². The van der Waals surface area contributed by atoms with Crippen molar-refractivity contribution in [3.05, 3.63) is 35.7 Å². The molecule has 0 saturated carbocycles. The Morgan fingerprint density at radius 3 is 3.00 bits per heavy atom. The van der Waals surface area contributed by atoms with E-state index in [4.69, 9.17) is 21.4 Å². The molecule has 0 atom stereocenters. The summed E-state index contributed by atoms with van der Waals surface area (Å²) in [5, 5.41) is 9.27. The van der Waals surface area contributed by atoms with Crippen LogP contribution in [0, 0.1) is 0 Å². The van der Waals surface area contributed by atoms with Crippen LogP contribution in [0.4, 0.5) is 0 Å². The molecule has 0 aliphatic rings. The van der Waals surface area contributed by atoms with Gasteiger partial charge in [-0.3, -0.25) is 4.79 Å². The van der Waals surface area contributed by atoms with Gasteiger partial charge in [0.25, 0.3) is 0 Å². The van der Waals surface area contributed by atoms with Crippen molar-refractivity contribution < 1.29 is 14.6 Å². The Labute approximate surface area is 109 Å². The van der Waals surface area contributed by atoms with E-state index in [1.165, 1.54) is 10.9 Å². The molecular formula is C12H11ClN2O3. The highest BCUT2D eigenvalue weighted by atomic mass is 35.5. The van der Waals surface area contributed by atoms with Crippen molar-refractivity contribution in [2.45, 2.75) is 6.54 Å². The topological polar surface area (TPSA) is 64.3 Å². The van der Waals surface area contributed by atoms with Gasteiger partial charge < -0.3 is 14.4 Å². The van der Waals surface area contributed by atoms with E-state index >= 15 is 0 Å². The number of hydrogen-bond acceptors (Lipinski definition) is 3. The average molecular weight is 267 g/mol. The van der Waals surface area contributed by atoms with E-state index in [0.29, 0.717) is 16.5 Å². The number of aliphatic carboxylic acids is 1. The number of carbonyl (C=O) groups is 1. The normalized spacial score (nSPS) is 10.3. The largest absolute Gasteiger partial charge is 0.496 e. The zero-order valence-corrected chi connectivity index (χ0v) is 10.4. The second-order valence-corrected chi connectivity index (χ2v) is 4.11. The van der Waals surface area contributed by atoms with E-state index in [1.54, 1.807) is 31.5 Å². The minimum absolute atomic E-state index is 0.129. The van der Waals surface area contributed by atoms with Crippen molar-refractivity contribution in [2.75, 3.05) is 7.11 Å². The summed E-state index contributed by atoms with van der Waals surface area (Å²) in [6.45, 7) is -0.129. The molecule has 0 amide bonds. The summed E-state index contributed by atoms with van der Waals surface area (Å²) < 4.78 is 6.71. The second kappa shape index (κ2) is 5.10. The van der Waals surface area contributed by atoms with Gasteiger partial charge in [-0.15, -0.1) is 0 Å². The maximum Gasteiger partial charge on any atom is 0.323 e. The van der Waals surface area contributed by atoms with E-state index in [0.717, 1.165) is 5.56 Å². The third kappa shape index (κ3) is 2.62. The van der Waals surface area contributed by atoms with Gasteiger partial charge in [0.1, 0.15) is 12.3 Å². The Kier molecular flexibility index (Phi) is 3.53. The molecule has 94 valence electrons. The molecule has 0 spiro atoms. The highest BCUT2D eigenvalue weighted by Crippen LogP contribution is 2.31. The number of ether oxygens (including phenoxy) is 1. The van der Waals surface area contributed by atoms with Crippen molar-refractivity contribution in [3.8, 4) is 17.0 Å². The highest BCUT2D eigenvalue weighted by Gasteiger charge is 2.10. The lowest BCUT2D eigenvalue weighted by molar-refractivity contribution is -0.137. The first-order valence-corrected chi connectivity index (χ1v) is 5.55. The molecule has 0 fully saturated rings. The summed E-state index contributed by atoms with van der Waals surface area (Å²) in [4.78, 5) is 14.7. The minimum Gasteiger partial charge on any atom is -0.496 e. The molecule has 1 N–H and O–H groups in total. The number of imidazole rings is 1. The Hall–Kier alpha value is -2.01. The number of carboxylic acid groups (broad SMARTS) is 1. The lowest BCUT2D eigenvalue weighted by atomic mass is 10.1. The summed E-state index contributed by atoms with van der Waals surface area (Å²) in [6, 6.07) is 5.19. The molecule has 0 radical (unpaired) electrons. The Morgan fingerprint density at radius 1 is 1.56 bits per heavy atom. The van der Waals surface area contributed by atoms with Crippen LogP contribution in [0.3, 0.4) is 0 Å². The number of halogens is 1. The smallest absolute Gasteiger partial charge is 0.323 e. The quantitative estimate of drug-likeness (QED) is 0.922. The number of carboxylic acids is 1. The predicted molar refractivity (Wildman–Crippen MR) is 66.9 cm³/mol. The fraction of sp³-hybridized carbons (Fsp3) is 0.167. The fourth-order valence-corrected chi connectivity index (χ4v) is 1.79. The van der Waals surface area contributed by atoms with Crippen LogP contribution in [0.5, 0.6) is 5.75 Å². The molecule has 5 nitrogen and oxygen atoms in total. The van der Waals surface area contributed by atoms with Gasteiger partial charge in [0, 0.05) is 16.8 Å². The van der Waals surface area contributed by atoms with Crippen molar-refractivity contribution in [2.24, 2.45) is 0 Å². The summed E-state index contributed by atoms with van der Waals surface area (Å²) in [6.07, 6.45) is 3.10. The van der Waals surface area contributed by atoms with E-state index in [2.05, 4.69) is 4.98 Å². The number of benzene rings is 1. The zero-order valence-electron chi connectivity index (χ0n) is 9.63. The van der Waals surface area contributed by atoms with Crippen LogP contribution in [0.15, 0.2) is 30.7 Å². The predicted octanol–water partition coefficient (Wildman–Crippen LogP) is 2.30. The average Bonchev–Trinajstić information content (AvgIpc) is 2.76. The summed E-state index contributed by atoms with van der Waals surface area (Å²) in [7, 11) is 1.56. The molecule has 6 heteroatoms. The Morgan fingerprint density at radius 2 is 2.33 bits per heavy atom. The first kappa shape index (κ1) is 12.4. The molecule has 18 heavy (non-hydrogen) atoms. The Bertz CT molecular complexity index is 580. The first-order chi connectivity index (χ1) is 8.60. The number of nitrogens with zero attached hydrogens (tertiary/aromatic N) is 2. The molecule has 1 heterocycles. The molecule has 1 aromatic carbocycles. The number of hydrogen-bond donors (Lipinski definition) is 1. The molecule has 0 saturated heterocycles. The van der Waals surface area contributed by atoms with Gasteiger partial charge in [0.2, 0.25) is 0 Å². The van der Waals surface area contributed by atoms with Crippen LogP contribution in [-0.4, -0.2) is 27.7 Å². The molecule has 0 aliphatic heterocycles. The van der Waals surface area contributed by atoms with Gasteiger partial charge in [-0.1, -0.05) is 11.6 Å². The van der Waals surface area contributed by atoms with Gasteiger partial charge in [-0.2, -0.15) is 0 Å². The van der Waals surface area contributed by atoms with Gasteiger partial charge in [-0.25, -0.2) is 4.98 Å². The van der Waals surface area contributed by atoms with Crippen LogP contribution in [0.25, 0.3) is 11.3 Å². The first-order valence-electron chi connectivity index (χ1n) is 5.17. The highest BCUT2D eigenvalue weighted by molar-refractivity contribution is 6.30. The summed E-state index contributed by atoms with van der Waals surface area (Å²) in [5.74, 6) is -0.281. The maximum atomic E-state index is 10.6. The maximum absolute atomic E-state index is 10.6. The van der Waals surface area contributed by atoms with Gasteiger partial charge in [-0.05, 0) is 18.2 Å². The van der Waals surface area contributed by atoms with E-state index < -0.39 is 5.97 Å². The molecular weight excluding hydrogens is 256 g/mol.